The molecule has 4 fully saturated rings. The first-order chi connectivity index (χ1) is 21.7. The van der Waals surface area contributed by atoms with Gasteiger partial charge in [0.2, 0.25) is 17.6 Å². The Morgan fingerprint density at radius 2 is 1.51 bits per heavy atom. The topological polar surface area (TPSA) is 186 Å². The molecule has 13 heteroatoms. The predicted molar refractivity (Wildman–Crippen MR) is 173 cm³/mol. The third kappa shape index (κ3) is 8.76. The van der Waals surface area contributed by atoms with Crippen LogP contribution in [0, 0.1) is 39.9 Å². The molecular formula is C34H55N5O8. The number of Topliss-reactive ketones (excluding diaryl/α,β-unsaturated/α-hetero) is 1. The van der Waals surface area contributed by atoms with Crippen molar-refractivity contribution in [3.8, 4) is 0 Å². The number of nitrogens with one attached hydrogen (secondary N) is 3. The number of ketones is 1. The molecule has 4 aliphatic rings. The van der Waals surface area contributed by atoms with Gasteiger partial charge in [-0.25, -0.2) is 9.59 Å². The zero-order valence-electron chi connectivity index (χ0n) is 29.3. The predicted octanol–water partition coefficient (Wildman–Crippen LogP) is 2.89. The molecule has 13 nitrogen and oxygen atoms in total. The number of hydrogen-bond acceptors (Lipinski definition) is 8. The van der Waals surface area contributed by atoms with Gasteiger partial charge in [-0.05, 0) is 59.2 Å². The quantitative estimate of drug-likeness (QED) is 0.171. The molecule has 0 spiro atoms. The largest absolute Gasteiger partial charge is 0.508 e. The van der Waals surface area contributed by atoms with Gasteiger partial charge in [-0.1, -0.05) is 74.7 Å². The molecule has 5 amide bonds. The van der Waals surface area contributed by atoms with Gasteiger partial charge >= 0.3 is 12.2 Å². The van der Waals surface area contributed by atoms with Crippen LogP contribution in [-0.2, 0) is 28.7 Å². The van der Waals surface area contributed by atoms with Crippen LogP contribution in [0.2, 0.25) is 0 Å². The van der Waals surface area contributed by atoms with Crippen LogP contribution in [0.1, 0.15) is 93.9 Å². The lowest BCUT2D eigenvalue weighted by atomic mass is 9.80. The van der Waals surface area contributed by atoms with Crippen LogP contribution < -0.4 is 21.7 Å². The van der Waals surface area contributed by atoms with Crippen molar-refractivity contribution in [3.63, 3.8) is 0 Å². The highest BCUT2D eigenvalue weighted by Gasteiger charge is 2.70. The number of urea groups is 1. The number of carbonyl (C=O) groups excluding carboxylic acids is 6. The Morgan fingerprint density at radius 1 is 0.872 bits per heavy atom. The average Bonchev–Trinajstić information content (AvgIpc) is 3.80. The van der Waals surface area contributed by atoms with Gasteiger partial charge < -0.3 is 36.1 Å². The van der Waals surface area contributed by atoms with Crippen molar-refractivity contribution in [3.05, 3.63) is 0 Å². The lowest BCUT2D eigenvalue weighted by Gasteiger charge is -2.38. The summed E-state index contributed by atoms with van der Waals surface area (Å²) in [4.78, 5) is 79.8. The molecule has 47 heavy (non-hydrogen) atoms. The number of nitrogens with two attached hydrogens (primary N) is 1. The summed E-state index contributed by atoms with van der Waals surface area (Å²) >= 11 is 0. The number of fused-ring (bicyclic) bond motifs is 1. The zero-order valence-corrected chi connectivity index (χ0v) is 29.3. The highest BCUT2D eigenvalue weighted by molar-refractivity contribution is 6.37. The van der Waals surface area contributed by atoms with Crippen molar-refractivity contribution < 1.29 is 38.2 Å². The molecular weight excluding hydrogens is 606 g/mol. The molecule has 0 radical (unpaired) electrons. The van der Waals surface area contributed by atoms with Gasteiger partial charge in [0, 0.05) is 6.54 Å². The lowest BCUT2D eigenvalue weighted by Crippen LogP contribution is -2.62. The van der Waals surface area contributed by atoms with Gasteiger partial charge in [-0.3, -0.25) is 19.2 Å². The molecule has 3 saturated carbocycles. The van der Waals surface area contributed by atoms with E-state index in [4.69, 9.17) is 15.2 Å². The lowest BCUT2D eigenvalue weighted by molar-refractivity contribution is -0.145. The van der Waals surface area contributed by atoms with Gasteiger partial charge in [0.05, 0.1) is 18.7 Å². The summed E-state index contributed by atoms with van der Waals surface area (Å²) in [7, 11) is 0. The Morgan fingerprint density at radius 3 is 2.02 bits per heavy atom. The van der Waals surface area contributed by atoms with Gasteiger partial charge in [0.15, 0.2) is 0 Å². The number of ether oxygens (including phenoxy) is 2. The number of nitrogens with zero attached hydrogens (tertiary/aromatic N) is 1. The highest BCUT2D eigenvalue weighted by atomic mass is 16.7. The molecule has 1 heterocycles. The maximum atomic E-state index is 14.3. The van der Waals surface area contributed by atoms with Gasteiger partial charge in [0.1, 0.15) is 18.7 Å². The van der Waals surface area contributed by atoms with E-state index in [0.29, 0.717) is 25.5 Å². The zero-order chi connectivity index (χ0) is 35.1. The maximum Gasteiger partial charge on any atom is 0.508 e. The smallest absolute Gasteiger partial charge is 0.434 e. The molecule has 1 unspecified atom stereocenters. The van der Waals surface area contributed by atoms with E-state index < -0.39 is 70.7 Å². The molecule has 5 N–H and O–H groups in total. The highest BCUT2D eigenvalue weighted by Crippen LogP contribution is 2.65. The molecule has 0 aromatic heterocycles. The molecule has 4 rings (SSSR count). The first-order valence-corrected chi connectivity index (χ1v) is 17.0. The fraction of sp³-hybridized carbons (Fsp3) is 0.824. The minimum Gasteiger partial charge on any atom is -0.434 e. The third-order valence-electron chi connectivity index (χ3n) is 10.7. The number of rotatable bonds is 13. The summed E-state index contributed by atoms with van der Waals surface area (Å²) in [6.45, 7) is 15.8. The number of primary amides is 1. The Bertz CT molecular complexity index is 1250. The third-order valence-corrected chi connectivity index (χ3v) is 10.7. The fourth-order valence-corrected chi connectivity index (χ4v) is 6.85. The summed E-state index contributed by atoms with van der Waals surface area (Å²) < 4.78 is 10.5. The monoisotopic (exact) mass is 661 g/mol. The minimum absolute atomic E-state index is 0.0654. The summed E-state index contributed by atoms with van der Waals surface area (Å²) in [5.41, 5.74) is 3.89. The Hall–Kier alpha value is -3.38. The Balaban J connectivity index is 1.46. The molecule has 264 valence electrons. The summed E-state index contributed by atoms with van der Waals surface area (Å²) in [6, 6.07) is -4.15. The summed E-state index contributed by atoms with van der Waals surface area (Å²) in [6.07, 6.45) is 4.47. The Labute approximate surface area is 278 Å². The first kappa shape index (κ1) is 36.5. The molecule has 6 atom stereocenters. The molecule has 0 bridgehead atoms. The number of hydrogen-bond donors (Lipinski definition) is 4. The van der Waals surface area contributed by atoms with Crippen LogP contribution in [0.25, 0.3) is 0 Å². The van der Waals surface area contributed by atoms with Crippen molar-refractivity contribution in [1.82, 2.24) is 20.9 Å². The minimum atomic E-state index is -1.10. The van der Waals surface area contributed by atoms with E-state index in [-0.39, 0.29) is 29.8 Å². The van der Waals surface area contributed by atoms with Crippen LogP contribution in [0.4, 0.5) is 9.59 Å². The summed E-state index contributed by atoms with van der Waals surface area (Å²) in [5.74, 6) is -2.32. The number of carbonyl (C=O) groups is 6. The Kier molecular flexibility index (Phi) is 10.6. The molecule has 0 aromatic carbocycles. The molecule has 1 aliphatic heterocycles. The van der Waals surface area contributed by atoms with E-state index in [1.165, 1.54) is 4.90 Å². The van der Waals surface area contributed by atoms with Crippen molar-refractivity contribution in [2.45, 2.75) is 118 Å². The van der Waals surface area contributed by atoms with Gasteiger partial charge in [0.25, 0.3) is 5.91 Å². The van der Waals surface area contributed by atoms with E-state index in [1.54, 1.807) is 0 Å². The molecule has 1 saturated heterocycles. The molecule has 0 aromatic rings. The second kappa shape index (κ2) is 13.6. The van der Waals surface area contributed by atoms with E-state index in [0.717, 1.165) is 32.1 Å². The van der Waals surface area contributed by atoms with Crippen LogP contribution in [0.15, 0.2) is 0 Å². The normalized spacial score (nSPS) is 25.3. The number of amides is 5. The van der Waals surface area contributed by atoms with Crippen molar-refractivity contribution >= 4 is 35.7 Å². The second-order valence-electron chi connectivity index (χ2n) is 16.9. The van der Waals surface area contributed by atoms with Crippen molar-refractivity contribution in [2.75, 3.05) is 19.8 Å². The van der Waals surface area contributed by atoms with Crippen molar-refractivity contribution in [2.24, 2.45) is 45.7 Å². The molecule has 3 aliphatic carbocycles. The number of piperidine rings is 1. The average molecular weight is 662 g/mol. The maximum absolute atomic E-state index is 14.3. The van der Waals surface area contributed by atoms with E-state index in [1.807, 2.05) is 55.4 Å². The fourth-order valence-electron chi connectivity index (χ4n) is 6.85. The van der Waals surface area contributed by atoms with Crippen LogP contribution in [-0.4, -0.2) is 84.5 Å². The van der Waals surface area contributed by atoms with E-state index in [2.05, 4.69) is 16.0 Å². The number of likely N-dealkylation sites (tertiary alicyclic amines) is 1. The SMILES string of the molecule is CC(C)(C)[C@H](NC(=O)N[C@H](COC(=O)OCC1CC1)C(C)(C)C)C(=O)N1C[C@H]2[C@@H]([C@H]1C(=O)NC(CC1CCC1)C(=O)C(N)=O)C2(C)C. The van der Waals surface area contributed by atoms with Gasteiger partial charge in [-0.15, -0.1) is 0 Å². The van der Waals surface area contributed by atoms with Crippen LogP contribution >= 0.6 is 0 Å². The standard InChI is InChI=1S/C34H55N5O8/c1-32(2,3)22(17-47-31(45)46-16-19-12-13-19)37-30(44)38-26(33(4,5)6)29(43)39-15-20-23(34(20,7)8)24(39)28(42)36-21(25(40)27(35)41)14-18-10-9-11-18/h18-24,26H,9-17H2,1-8H3,(H2,35,41)(H,36,42)(H2,37,38,44)/t20-,21?,22+,23-,24-,26+/m0/s1. The van der Waals surface area contributed by atoms with E-state index >= 15 is 0 Å². The first-order valence-electron chi connectivity index (χ1n) is 17.0. The van der Waals surface area contributed by atoms with Crippen LogP contribution in [0.3, 0.4) is 0 Å². The van der Waals surface area contributed by atoms with Crippen molar-refractivity contribution in [1.29, 1.82) is 0 Å². The van der Waals surface area contributed by atoms with Crippen LogP contribution in [0.5, 0.6) is 0 Å². The van der Waals surface area contributed by atoms with Gasteiger partial charge in [-0.2, -0.15) is 0 Å². The second-order valence-corrected chi connectivity index (χ2v) is 16.9. The summed E-state index contributed by atoms with van der Waals surface area (Å²) in [5, 5.41) is 8.49. The van der Waals surface area contributed by atoms with E-state index in [9.17, 15) is 28.8 Å².